The molecular weight excluding hydrogens is 218 g/mol. The van der Waals surface area contributed by atoms with E-state index >= 15 is 0 Å². The van der Waals surface area contributed by atoms with Gasteiger partial charge in [0, 0.05) is 5.56 Å². The molecule has 0 unspecified atom stereocenters. The number of benzene rings is 1. The second-order valence-corrected chi connectivity index (χ2v) is 4.74. The lowest BCUT2D eigenvalue weighted by atomic mass is 10.1. The molecule has 2 rings (SSSR count). The quantitative estimate of drug-likeness (QED) is 0.769. The Balaban J connectivity index is 2.73. The van der Waals surface area contributed by atoms with Gasteiger partial charge in [-0.2, -0.15) is 12.8 Å². The topological polar surface area (TPSA) is 83.8 Å². The van der Waals surface area contributed by atoms with Crippen LogP contribution < -0.4 is 0 Å². The molecule has 1 heterocycles. The van der Waals surface area contributed by atoms with E-state index < -0.39 is 16.0 Å². The molecule has 0 atom stereocenters. The fourth-order valence-corrected chi connectivity index (χ4v) is 2.77. The van der Waals surface area contributed by atoms with Crippen molar-refractivity contribution in [2.24, 2.45) is 4.40 Å². The van der Waals surface area contributed by atoms with Crippen LogP contribution in [0.3, 0.4) is 0 Å². The minimum atomic E-state index is -3.69. The molecular formula is C9H7NO4S. The lowest BCUT2D eigenvalue weighted by molar-refractivity contribution is 0.0696. The van der Waals surface area contributed by atoms with Gasteiger partial charge in [-0.15, -0.1) is 0 Å². The van der Waals surface area contributed by atoms with Gasteiger partial charge in [-0.3, -0.25) is 0 Å². The summed E-state index contributed by atoms with van der Waals surface area (Å²) in [7, 11) is -3.69. The molecule has 0 saturated carbocycles. The van der Waals surface area contributed by atoms with Crippen LogP contribution in [-0.2, 0) is 10.0 Å². The fraction of sp³-hybridized carbons (Fsp3) is 0.111. The zero-order valence-electron chi connectivity index (χ0n) is 7.76. The number of nitrogens with zero attached hydrogens (tertiary/aromatic N) is 1. The Bertz CT molecular complexity index is 586. The second kappa shape index (κ2) is 2.90. The number of aromatic carboxylic acids is 1. The van der Waals surface area contributed by atoms with Crippen molar-refractivity contribution < 1.29 is 18.3 Å². The van der Waals surface area contributed by atoms with Crippen LogP contribution in [0, 0.1) is 0 Å². The SMILES string of the molecule is CC1=NS(=O)(=O)c2cc(C(=O)O)ccc21. The third-order valence-electron chi connectivity index (χ3n) is 2.15. The van der Waals surface area contributed by atoms with Crippen LogP contribution in [0.25, 0.3) is 0 Å². The number of carbonyl (C=O) groups is 1. The highest BCUT2D eigenvalue weighted by molar-refractivity contribution is 7.90. The minimum Gasteiger partial charge on any atom is -0.478 e. The summed E-state index contributed by atoms with van der Waals surface area (Å²) >= 11 is 0. The molecule has 6 heteroatoms. The summed E-state index contributed by atoms with van der Waals surface area (Å²) in [4.78, 5) is 10.6. The van der Waals surface area contributed by atoms with Gasteiger partial charge in [0.25, 0.3) is 10.0 Å². The summed E-state index contributed by atoms with van der Waals surface area (Å²) in [5.41, 5.74) is 0.809. The summed E-state index contributed by atoms with van der Waals surface area (Å²) in [5, 5.41) is 8.72. The molecule has 1 aliphatic rings. The fourth-order valence-electron chi connectivity index (χ4n) is 1.45. The highest BCUT2D eigenvalue weighted by atomic mass is 32.2. The standard InChI is InChI=1S/C9H7NO4S/c1-5-7-3-2-6(9(11)12)4-8(7)15(13,14)10-5/h2-4H,1H3,(H,11,12). The van der Waals surface area contributed by atoms with Crippen molar-refractivity contribution in [2.75, 3.05) is 0 Å². The van der Waals surface area contributed by atoms with Crippen LogP contribution in [0.5, 0.6) is 0 Å². The van der Waals surface area contributed by atoms with E-state index in [2.05, 4.69) is 4.40 Å². The molecule has 0 radical (unpaired) electrons. The number of rotatable bonds is 1. The van der Waals surface area contributed by atoms with Crippen molar-refractivity contribution in [1.29, 1.82) is 0 Å². The third kappa shape index (κ3) is 1.42. The molecule has 1 aromatic carbocycles. The maximum atomic E-state index is 11.5. The monoisotopic (exact) mass is 225 g/mol. The van der Waals surface area contributed by atoms with E-state index in [1.807, 2.05) is 0 Å². The molecule has 0 bridgehead atoms. The maximum Gasteiger partial charge on any atom is 0.335 e. The average molecular weight is 225 g/mol. The van der Waals surface area contributed by atoms with Gasteiger partial charge >= 0.3 is 5.97 Å². The van der Waals surface area contributed by atoms with E-state index in [-0.39, 0.29) is 10.5 Å². The van der Waals surface area contributed by atoms with Crippen molar-refractivity contribution in [3.05, 3.63) is 29.3 Å². The maximum absolute atomic E-state index is 11.5. The molecule has 1 aromatic rings. The van der Waals surface area contributed by atoms with Crippen LogP contribution in [0.15, 0.2) is 27.5 Å². The number of carboxylic acid groups (broad SMARTS) is 1. The lowest BCUT2D eigenvalue weighted by Crippen LogP contribution is -2.01. The van der Waals surface area contributed by atoms with Gasteiger partial charge < -0.3 is 5.11 Å². The van der Waals surface area contributed by atoms with E-state index in [0.29, 0.717) is 11.3 Å². The Labute approximate surface area is 86.1 Å². The molecule has 5 nitrogen and oxygen atoms in total. The van der Waals surface area contributed by atoms with Crippen LogP contribution in [0.4, 0.5) is 0 Å². The number of sulfonamides is 1. The second-order valence-electron chi connectivity index (χ2n) is 3.17. The van der Waals surface area contributed by atoms with Gasteiger partial charge in [-0.1, -0.05) is 6.07 Å². The number of hydrogen-bond donors (Lipinski definition) is 1. The smallest absolute Gasteiger partial charge is 0.335 e. The Morgan fingerprint density at radius 3 is 2.67 bits per heavy atom. The number of fused-ring (bicyclic) bond motifs is 1. The molecule has 78 valence electrons. The van der Waals surface area contributed by atoms with Crippen molar-refractivity contribution >= 4 is 21.7 Å². The Kier molecular flexibility index (Phi) is 1.90. The first-order valence-electron chi connectivity index (χ1n) is 4.11. The van der Waals surface area contributed by atoms with Crippen molar-refractivity contribution in [2.45, 2.75) is 11.8 Å². The molecule has 0 amide bonds. The highest BCUT2D eigenvalue weighted by Crippen LogP contribution is 2.27. The normalized spacial score (nSPS) is 17.0. The van der Waals surface area contributed by atoms with Gasteiger partial charge in [0.2, 0.25) is 0 Å². The average Bonchev–Trinajstić information content (AvgIpc) is 2.37. The Hall–Kier alpha value is -1.69. The van der Waals surface area contributed by atoms with E-state index in [1.54, 1.807) is 6.92 Å². The van der Waals surface area contributed by atoms with Gasteiger partial charge in [-0.05, 0) is 19.1 Å². The summed E-state index contributed by atoms with van der Waals surface area (Å²) in [5.74, 6) is -1.16. The first kappa shape index (κ1) is 9.85. The Morgan fingerprint density at radius 2 is 2.07 bits per heavy atom. The van der Waals surface area contributed by atoms with E-state index in [1.165, 1.54) is 12.1 Å². The van der Waals surface area contributed by atoms with Crippen LogP contribution in [0.2, 0.25) is 0 Å². The van der Waals surface area contributed by atoms with E-state index in [0.717, 1.165) is 6.07 Å². The zero-order chi connectivity index (χ0) is 11.2. The van der Waals surface area contributed by atoms with Gasteiger partial charge in [-0.25, -0.2) is 4.79 Å². The molecule has 15 heavy (non-hydrogen) atoms. The summed E-state index contributed by atoms with van der Waals surface area (Å²) in [6, 6.07) is 3.95. The summed E-state index contributed by atoms with van der Waals surface area (Å²) in [6.45, 7) is 1.57. The van der Waals surface area contributed by atoms with Crippen LogP contribution in [-0.4, -0.2) is 25.2 Å². The van der Waals surface area contributed by atoms with Crippen LogP contribution >= 0.6 is 0 Å². The predicted octanol–water partition coefficient (Wildman–Crippen LogP) is 0.896. The summed E-state index contributed by atoms with van der Waals surface area (Å²) in [6.07, 6.45) is 0. The van der Waals surface area contributed by atoms with Gasteiger partial charge in [0.15, 0.2) is 0 Å². The Morgan fingerprint density at radius 1 is 1.40 bits per heavy atom. The van der Waals surface area contributed by atoms with E-state index in [9.17, 15) is 13.2 Å². The number of carboxylic acids is 1. The lowest BCUT2D eigenvalue weighted by Gasteiger charge is -1.99. The van der Waals surface area contributed by atoms with Gasteiger partial charge in [0.1, 0.15) is 0 Å². The minimum absolute atomic E-state index is 0.0279. The predicted molar refractivity (Wildman–Crippen MR) is 52.8 cm³/mol. The van der Waals surface area contributed by atoms with E-state index in [4.69, 9.17) is 5.11 Å². The van der Waals surface area contributed by atoms with Crippen molar-refractivity contribution in [3.63, 3.8) is 0 Å². The first-order chi connectivity index (χ1) is 6.92. The first-order valence-corrected chi connectivity index (χ1v) is 5.55. The summed E-state index contributed by atoms with van der Waals surface area (Å²) < 4.78 is 26.4. The molecule has 0 saturated heterocycles. The zero-order valence-corrected chi connectivity index (χ0v) is 8.58. The highest BCUT2D eigenvalue weighted by Gasteiger charge is 2.27. The number of hydrogen-bond acceptors (Lipinski definition) is 3. The largest absolute Gasteiger partial charge is 0.478 e. The molecule has 0 aromatic heterocycles. The molecule has 0 spiro atoms. The van der Waals surface area contributed by atoms with Crippen LogP contribution in [0.1, 0.15) is 22.8 Å². The van der Waals surface area contributed by atoms with Crippen molar-refractivity contribution in [1.82, 2.24) is 0 Å². The van der Waals surface area contributed by atoms with Crippen molar-refractivity contribution in [3.8, 4) is 0 Å². The molecule has 1 aliphatic heterocycles. The molecule has 0 fully saturated rings. The van der Waals surface area contributed by atoms with Gasteiger partial charge in [0.05, 0.1) is 16.2 Å². The third-order valence-corrected chi connectivity index (χ3v) is 3.56. The molecule has 1 N–H and O–H groups in total. The molecule has 0 aliphatic carbocycles.